The Morgan fingerprint density at radius 3 is 2.50 bits per heavy atom. The first-order valence-electron chi connectivity index (χ1n) is 5.32. The minimum Gasteiger partial charge on any atom is -0.317 e. The lowest BCUT2D eigenvalue weighted by atomic mass is 9.72. The van der Waals surface area contributed by atoms with Gasteiger partial charge in [0.1, 0.15) is 0 Å². The van der Waals surface area contributed by atoms with Gasteiger partial charge in [-0.1, -0.05) is 26.7 Å². The maximum atomic E-state index is 3.39. The first-order valence-corrected chi connectivity index (χ1v) is 5.32. The molecule has 12 heavy (non-hydrogen) atoms. The summed E-state index contributed by atoms with van der Waals surface area (Å²) in [7, 11) is 2.08. The van der Waals surface area contributed by atoms with Crippen molar-refractivity contribution in [2.45, 2.75) is 46.1 Å². The Morgan fingerprint density at radius 2 is 1.92 bits per heavy atom. The molecular formula is C11H23N. The van der Waals surface area contributed by atoms with Crippen molar-refractivity contribution in [3.8, 4) is 0 Å². The molecule has 1 aliphatic carbocycles. The van der Waals surface area contributed by atoms with Crippen LogP contribution in [0.2, 0.25) is 0 Å². The van der Waals surface area contributed by atoms with Gasteiger partial charge in [0.05, 0.1) is 0 Å². The second-order valence-corrected chi connectivity index (χ2v) is 4.64. The van der Waals surface area contributed by atoms with E-state index < -0.39 is 0 Å². The zero-order chi connectivity index (χ0) is 9.14. The lowest BCUT2D eigenvalue weighted by Crippen LogP contribution is -2.37. The molecule has 0 spiro atoms. The molecule has 72 valence electrons. The molecule has 1 heteroatoms. The quantitative estimate of drug-likeness (QED) is 0.670. The monoisotopic (exact) mass is 169 g/mol. The third kappa shape index (κ3) is 2.22. The summed E-state index contributed by atoms with van der Waals surface area (Å²) in [5.41, 5.74) is 0. The summed E-state index contributed by atoms with van der Waals surface area (Å²) >= 11 is 0. The summed E-state index contributed by atoms with van der Waals surface area (Å²) in [6, 6.07) is 0.697. The van der Waals surface area contributed by atoms with E-state index in [4.69, 9.17) is 0 Å². The molecule has 0 aromatic rings. The van der Waals surface area contributed by atoms with E-state index in [1.54, 1.807) is 0 Å². The van der Waals surface area contributed by atoms with Gasteiger partial charge in [0.2, 0.25) is 0 Å². The molecule has 4 unspecified atom stereocenters. The highest BCUT2D eigenvalue weighted by atomic mass is 14.9. The van der Waals surface area contributed by atoms with Crippen LogP contribution in [0.15, 0.2) is 0 Å². The van der Waals surface area contributed by atoms with Crippen molar-refractivity contribution < 1.29 is 0 Å². The largest absolute Gasteiger partial charge is 0.317 e. The van der Waals surface area contributed by atoms with E-state index in [0.29, 0.717) is 6.04 Å². The van der Waals surface area contributed by atoms with Crippen LogP contribution in [0.1, 0.15) is 40.0 Å². The summed E-state index contributed by atoms with van der Waals surface area (Å²) < 4.78 is 0. The summed E-state index contributed by atoms with van der Waals surface area (Å²) in [6.07, 6.45) is 4.29. The van der Waals surface area contributed by atoms with Gasteiger partial charge in [-0.2, -0.15) is 0 Å². The number of nitrogens with one attached hydrogen (secondary N) is 1. The van der Waals surface area contributed by atoms with Crippen LogP contribution in [0.4, 0.5) is 0 Å². The van der Waals surface area contributed by atoms with E-state index in [1.807, 2.05) is 0 Å². The van der Waals surface area contributed by atoms with Gasteiger partial charge in [0.25, 0.3) is 0 Å². The molecule has 1 fully saturated rings. The van der Waals surface area contributed by atoms with Crippen LogP contribution >= 0.6 is 0 Å². The fourth-order valence-corrected chi connectivity index (χ4v) is 2.49. The van der Waals surface area contributed by atoms with Crippen molar-refractivity contribution in [2.75, 3.05) is 7.05 Å². The molecule has 1 saturated carbocycles. The second-order valence-electron chi connectivity index (χ2n) is 4.64. The SMILES string of the molecule is CNC(C)C1CC(C)CCC1C. The average Bonchev–Trinajstić information content (AvgIpc) is 2.08. The lowest BCUT2D eigenvalue weighted by molar-refractivity contribution is 0.167. The first kappa shape index (κ1) is 10.0. The van der Waals surface area contributed by atoms with Gasteiger partial charge in [-0.15, -0.1) is 0 Å². The van der Waals surface area contributed by atoms with Crippen molar-refractivity contribution in [1.82, 2.24) is 5.32 Å². The topological polar surface area (TPSA) is 12.0 Å². The van der Waals surface area contributed by atoms with Gasteiger partial charge in [-0.25, -0.2) is 0 Å². The molecule has 1 N–H and O–H groups in total. The Hall–Kier alpha value is -0.0400. The van der Waals surface area contributed by atoms with Crippen LogP contribution in [-0.2, 0) is 0 Å². The van der Waals surface area contributed by atoms with Crippen LogP contribution in [-0.4, -0.2) is 13.1 Å². The molecule has 0 aliphatic heterocycles. The van der Waals surface area contributed by atoms with Gasteiger partial charge in [-0.3, -0.25) is 0 Å². The van der Waals surface area contributed by atoms with Crippen molar-refractivity contribution >= 4 is 0 Å². The molecule has 0 bridgehead atoms. The molecule has 1 rings (SSSR count). The van der Waals surface area contributed by atoms with E-state index in [9.17, 15) is 0 Å². The zero-order valence-electron chi connectivity index (χ0n) is 8.93. The van der Waals surface area contributed by atoms with Gasteiger partial charge in [0.15, 0.2) is 0 Å². The summed E-state index contributed by atoms with van der Waals surface area (Å²) in [5.74, 6) is 2.77. The van der Waals surface area contributed by atoms with Gasteiger partial charge < -0.3 is 5.32 Å². The van der Waals surface area contributed by atoms with Gasteiger partial charge in [0, 0.05) is 6.04 Å². The van der Waals surface area contributed by atoms with E-state index in [-0.39, 0.29) is 0 Å². The van der Waals surface area contributed by atoms with Crippen LogP contribution in [0, 0.1) is 17.8 Å². The van der Waals surface area contributed by atoms with Crippen LogP contribution in [0.25, 0.3) is 0 Å². The van der Waals surface area contributed by atoms with E-state index in [1.165, 1.54) is 19.3 Å². The highest BCUT2D eigenvalue weighted by molar-refractivity contribution is 4.82. The Kier molecular flexibility index (Phi) is 3.57. The third-order valence-electron chi connectivity index (χ3n) is 3.62. The van der Waals surface area contributed by atoms with E-state index >= 15 is 0 Å². The molecule has 1 nitrogen and oxygen atoms in total. The molecule has 0 aromatic carbocycles. The summed E-state index contributed by atoms with van der Waals surface area (Å²) in [4.78, 5) is 0. The van der Waals surface area contributed by atoms with E-state index in [0.717, 1.165) is 17.8 Å². The molecule has 1 aliphatic rings. The maximum absolute atomic E-state index is 3.39. The standard InChI is InChI=1S/C11H23N/c1-8-5-6-9(2)11(7-8)10(3)12-4/h8-12H,5-7H2,1-4H3. The molecular weight excluding hydrogens is 146 g/mol. The Morgan fingerprint density at radius 1 is 1.25 bits per heavy atom. The normalized spacial score (nSPS) is 39.5. The average molecular weight is 169 g/mol. The molecule has 4 atom stereocenters. The minimum atomic E-state index is 0.697. The number of hydrogen-bond acceptors (Lipinski definition) is 1. The fourth-order valence-electron chi connectivity index (χ4n) is 2.49. The summed E-state index contributed by atoms with van der Waals surface area (Å²) in [6.45, 7) is 7.12. The third-order valence-corrected chi connectivity index (χ3v) is 3.62. The van der Waals surface area contributed by atoms with Gasteiger partial charge in [-0.05, 0) is 38.1 Å². The van der Waals surface area contributed by atoms with Gasteiger partial charge >= 0.3 is 0 Å². The molecule has 0 aromatic heterocycles. The Balaban J connectivity index is 2.48. The number of rotatable bonds is 2. The smallest absolute Gasteiger partial charge is 0.00666 e. The predicted molar refractivity (Wildman–Crippen MR) is 54.2 cm³/mol. The van der Waals surface area contributed by atoms with Crippen LogP contribution in [0.5, 0.6) is 0 Å². The zero-order valence-corrected chi connectivity index (χ0v) is 8.93. The van der Waals surface area contributed by atoms with Crippen molar-refractivity contribution in [2.24, 2.45) is 17.8 Å². The predicted octanol–water partition coefficient (Wildman–Crippen LogP) is 2.67. The van der Waals surface area contributed by atoms with Crippen LogP contribution < -0.4 is 5.32 Å². The fraction of sp³-hybridized carbons (Fsp3) is 1.00. The summed E-state index contributed by atoms with van der Waals surface area (Å²) in [5, 5.41) is 3.39. The van der Waals surface area contributed by atoms with E-state index in [2.05, 4.69) is 33.1 Å². The maximum Gasteiger partial charge on any atom is 0.00666 e. The molecule has 0 radical (unpaired) electrons. The first-order chi connectivity index (χ1) is 5.65. The molecule has 0 saturated heterocycles. The van der Waals surface area contributed by atoms with Crippen molar-refractivity contribution in [3.63, 3.8) is 0 Å². The highest BCUT2D eigenvalue weighted by Gasteiger charge is 2.28. The van der Waals surface area contributed by atoms with Crippen molar-refractivity contribution in [3.05, 3.63) is 0 Å². The number of hydrogen-bond donors (Lipinski definition) is 1. The Labute approximate surface area is 76.9 Å². The highest BCUT2D eigenvalue weighted by Crippen LogP contribution is 2.35. The van der Waals surface area contributed by atoms with Crippen molar-refractivity contribution in [1.29, 1.82) is 0 Å². The Bertz CT molecular complexity index is 129. The molecule has 0 heterocycles. The van der Waals surface area contributed by atoms with Crippen LogP contribution in [0.3, 0.4) is 0 Å². The minimum absolute atomic E-state index is 0.697. The molecule has 0 amide bonds. The lowest BCUT2D eigenvalue weighted by Gasteiger charge is -2.36. The second kappa shape index (κ2) is 4.27.